The topological polar surface area (TPSA) is 0 Å². The van der Waals surface area contributed by atoms with Gasteiger partial charge in [-0.25, -0.2) is 0 Å². The second-order valence-corrected chi connectivity index (χ2v) is 7.44. The maximum atomic E-state index is 2.49. The van der Waals surface area contributed by atoms with E-state index in [4.69, 9.17) is 0 Å². The standard InChI is InChI=1S/C19H22/c1-19(2,3)18-16(12-7-5-4-6-8-12)15-13-9-10-14(11-13)17(15)18/h4-10,13-15,17H,11H2,1-3H3. The smallest absolute Gasteiger partial charge is 0.00213 e. The molecule has 3 aliphatic carbocycles. The van der Waals surface area contributed by atoms with Crippen LogP contribution in [0.5, 0.6) is 0 Å². The third-order valence-electron chi connectivity index (χ3n) is 5.31. The Hall–Kier alpha value is -1.30. The lowest BCUT2D eigenvalue weighted by Gasteiger charge is -2.49. The molecule has 98 valence electrons. The van der Waals surface area contributed by atoms with Crippen LogP contribution in [0.1, 0.15) is 32.8 Å². The van der Waals surface area contributed by atoms with E-state index in [1.54, 1.807) is 11.1 Å². The predicted molar refractivity (Wildman–Crippen MR) is 80.5 cm³/mol. The Bertz CT molecular complexity index is 568. The third kappa shape index (κ3) is 1.46. The minimum Gasteiger partial charge on any atom is -0.0845 e. The van der Waals surface area contributed by atoms with Crippen LogP contribution >= 0.6 is 0 Å². The summed E-state index contributed by atoms with van der Waals surface area (Å²) in [5, 5.41) is 0. The molecule has 3 aliphatic rings. The molecular formula is C19H22. The molecule has 0 saturated heterocycles. The summed E-state index contributed by atoms with van der Waals surface area (Å²) in [5.74, 6) is 3.30. The van der Waals surface area contributed by atoms with Crippen LogP contribution in [-0.2, 0) is 0 Å². The van der Waals surface area contributed by atoms with Gasteiger partial charge in [-0.15, -0.1) is 0 Å². The molecule has 0 aliphatic heterocycles. The van der Waals surface area contributed by atoms with Crippen molar-refractivity contribution in [1.82, 2.24) is 0 Å². The molecule has 1 fully saturated rings. The van der Waals surface area contributed by atoms with Crippen LogP contribution in [0.3, 0.4) is 0 Å². The third-order valence-corrected chi connectivity index (χ3v) is 5.31. The zero-order chi connectivity index (χ0) is 13.2. The Morgan fingerprint density at radius 3 is 2.16 bits per heavy atom. The van der Waals surface area contributed by atoms with Crippen molar-refractivity contribution in [3.63, 3.8) is 0 Å². The summed E-state index contributed by atoms with van der Waals surface area (Å²) in [4.78, 5) is 0. The minimum absolute atomic E-state index is 0.310. The van der Waals surface area contributed by atoms with Crippen molar-refractivity contribution >= 4 is 5.57 Å². The van der Waals surface area contributed by atoms with Crippen molar-refractivity contribution < 1.29 is 0 Å². The molecule has 1 aromatic rings. The van der Waals surface area contributed by atoms with E-state index in [0.717, 1.165) is 23.7 Å². The largest absolute Gasteiger partial charge is 0.0845 e. The lowest BCUT2D eigenvalue weighted by Crippen LogP contribution is -2.38. The first-order valence-electron chi connectivity index (χ1n) is 7.55. The van der Waals surface area contributed by atoms with Gasteiger partial charge in [0.15, 0.2) is 0 Å². The molecule has 19 heavy (non-hydrogen) atoms. The molecule has 0 amide bonds. The number of hydrogen-bond acceptors (Lipinski definition) is 0. The Kier molecular flexibility index (Phi) is 2.20. The van der Waals surface area contributed by atoms with Gasteiger partial charge in [0.1, 0.15) is 0 Å². The molecule has 4 rings (SSSR count). The Labute approximate surface area is 116 Å². The maximum absolute atomic E-state index is 2.49. The van der Waals surface area contributed by atoms with Crippen molar-refractivity contribution in [2.75, 3.05) is 0 Å². The summed E-state index contributed by atoms with van der Waals surface area (Å²) in [5.41, 5.74) is 5.19. The average molecular weight is 250 g/mol. The highest BCUT2D eigenvalue weighted by atomic mass is 14.6. The van der Waals surface area contributed by atoms with Gasteiger partial charge in [0.2, 0.25) is 0 Å². The van der Waals surface area contributed by atoms with Gasteiger partial charge in [-0.1, -0.05) is 68.8 Å². The first-order valence-corrected chi connectivity index (χ1v) is 7.55. The van der Waals surface area contributed by atoms with E-state index in [-0.39, 0.29) is 0 Å². The second-order valence-electron chi connectivity index (χ2n) is 7.44. The predicted octanol–water partition coefficient (Wildman–Crippen LogP) is 4.94. The van der Waals surface area contributed by atoms with Crippen LogP contribution in [-0.4, -0.2) is 0 Å². The number of hydrogen-bond donors (Lipinski definition) is 0. The molecule has 0 aromatic heterocycles. The van der Waals surface area contributed by atoms with Crippen molar-refractivity contribution in [3.05, 3.63) is 53.6 Å². The Balaban J connectivity index is 1.86. The molecule has 2 bridgehead atoms. The van der Waals surface area contributed by atoms with Gasteiger partial charge in [0.25, 0.3) is 0 Å². The molecular weight excluding hydrogens is 228 g/mol. The Morgan fingerprint density at radius 2 is 1.53 bits per heavy atom. The molecule has 1 saturated carbocycles. The monoisotopic (exact) mass is 250 g/mol. The van der Waals surface area contributed by atoms with E-state index in [9.17, 15) is 0 Å². The van der Waals surface area contributed by atoms with E-state index in [0.29, 0.717) is 5.41 Å². The molecule has 4 unspecified atom stereocenters. The number of allylic oxidation sites excluding steroid dienone is 4. The quantitative estimate of drug-likeness (QED) is 0.619. The summed E-state index contributed by atoms with van der Waals surface area (Å²) in [7, 11) is 0. The zero-order valence-electron chi connectivity index (χ0n) is 12.1. The van der Waals surface area contributed by atoms with Crippen LogP contribution in [0, 0.1) is 29.1 Å². The van der Waals surface area contributed by atoms with Crippen molar-refractivity contribution in [2.24, 2.45) is 29.1 Å². The van der Waals surface area contributed by atoms with E-state index >= 15 is 0 Å². The van der Waals surface area contributed by atoms with Gasteiger partial charge < -0.3 is 0 Å². The zero-order valence-corrected chi connectivity index (χ0v) is 12.1. The van der Waals surface area contributed by atoms with E-state index < -0.39 is 0 Å². The summed E-state index contributed by atoms with van der Waals surface area (Å²) in [6.07, 6.45) is 6.36. The van der Waals surface area contributed by atoms with Gasteiger partial charge in [-0.2, -0.15) is 0 Å². The lowest BCUT2D eigenvalue weighted by atomic mass is 9.55. The van der Waals surface area contributed by atoms with E-state index in [1.807, 2.05) is 0 Å². The van der Waals surface area contributed by atoms with Crippen molar-refractivity contribution in [2.45, 2.75) is 27.2 Å². The molecule has 0 N–H and O–H groups in total. The van der Waals surface area contributed by atoms with Crippen LogP contribution < -0.4 is 0 Å². The first kappa shape index (κ1) is 11.5. The summed E-state index contributed by atoms with van der Waals surface area (Å²) >= 11 is 0. The van der Waals surface area contributed by atoms with Gasteiger partial charge in [0, 0.05) is 0 Å². The van der Waals surface area contributed by atoms with E-state index in [2.05, 4.69) is 63.3 Å². The molecule has 0 heterocycles. The van der Waals surface area contributed by atoms with Crippen LogP contribution in [0.15, 0.2) is 48.1 Å². The van der Waals surface area contributed by atoms with Gasteiger partial charge in [0.05, 0.1) is 0 Å². The molecule has 1 aromatic carbocycles. The molecule has 0 radical (unpaired) electrons. The minimum atomic E-state index is 0.310. The fourth-order valence-corrected chi connectivity index (χ4v) is 4.74. The first-order chi connectivity index (χ1) is 9.07. The molecule has 0 heteroatoms. The summed E-state index contributed by atoms with van der Waals surface area (Å²) in [6.45, 7) is 7.16. The van der Waals surface area contributed by atoms with Crippen molar-refractivity contribution in [1.29, 1.82) is 0 Å². The molecule has 0 spiro atoms. The van der Waals surface area contributed by atoms with Gasteiger partial charge in [-0.3, -0.25) is 0 Å². The highest BCUT2D eigenvalue weighted by Crippen LogP contribution is 2.66. The van der Waals surface area contributed by atoms with Gasteiger partial charge in [-0.05, 0) is 46.6 Å². The Morgan fingerprint density at radius 1 is 0.895 bits per heavy atom. The fraction of sp³-hybridized carbons (Fsp3) is 0.474. The summed E-state index contributed by atoms with van der Waals surface area (Å²) < 4.78 is 0. The second kappa shape index (κ2) is 3.62. The van der Waals surface area contributed by atoms with Gasteiger partial charge >= 0.3 is 0 Å². The average Bonchev–Trinajstić information content (AvgIpc) is 2.85. The highest BCUT2D eigenvalue weighted by molar-refractivity contribution is 5.80. The summed E-state index contributed by atoms with van der Waals surface area (Å²) in [6, 6.07) is 11.1. The fourth-order valence-electron chi connectivity index (χ4n) is 4.74. The van der Waals surface area contributed by atoms with Crippen LogP contribution in [0.4, 0.5) is 0 Å². The van der Waals surface area contributed by atoms with Crippen LogP contribution in [0.2, 0.25) is 0 Å². The SMILES string of the molecule is CC(C)(C)C1=C(c2ccccc2)C2C3C=CC(C3)C12. The lowest BCUT2D eigenvalue weighted by molar-refractivity contribution is 0.305. The molecule has 0 nitrogen and oxygen atoms in total. The van der Waals surface area contributed by atoms with E-state index in [1.165, 1.54) is 12.0 Å². The molecule has 4 atom stereocenters. The van der Waals surface area contributed by atoms with Crippen molar-refractivity contribution in [3.8, 4) is 0 Å². The number of rotatable bonds is 1. The number of fused-ring (bicyclic) bond motifs is 5. The van der Waals surface area contributed by atoms with Crippen LogP contribution in [0.25, 0.3) is 5.57 Å². The maximum Gasteiger partial charge on any atom is -0.00213 e. The number of benzene rings is 1. The normalized spacial score (nSPS) is 35.5. The highest BCUT2D eigenvalue weighted by Gasteiger charge is 2.56.